The minimum absolute atomic E-state index is 0.00756. The van der Waals surface area contributed by atoms with Crippen LogP contribution in [0.15, 0.2) is 0 Å². The Morgan fingerprint density at radius 2 is 1.40 bits per heavy atom. The number of carbonyl (C=O) groups excluding carboxylic acids is 5. The average molecular weight is 682 g/mol. The lowest BCUT2D eigenvalue weighted by Crippen LogP contribution is -2.57. The molecular formula is C34H63N7O7. The standard InChI is InChI=1S/C34H63N7O7/c1-21(2)27(40-26(42)17-18-33(3,4)5)30(45)38-24(16-12-20-37-32(35)48)29(44)39-25(31(46)47)14-9-10-19-36-28(43)22-13-11-15-23(22)41-34(6,7)8/h21-25,27,41H,9-20H2,1-8H3,(H,36,43)(H,38,45)(H,39,44)(H,40,42)(H,46,47)(H3,35,37,48)/t22-,23+,24+,25+,27+/m1/s1. The van der Waals surface area contributed by atoms with E-state index < -0.39 is 41.9 Å². The smallest absolute Gasteiger partial charge is 0.326 e. The summed E-state index contributed by atoms with van der Waals surface area (Å²) in [5.74, 6) is -3.16. The van der Waals surface area contributed by atoms with Crippen LogP contribution in [0.4, 0.5) is 4.79 Å². The zero-order valence-corrected chi connectivity index (χ0v) is 30.4. The molecule has 14 nitrogen and oxygen atoms in total. The Hall–Kier alpha value is -3.42. The molecule has 0 heterocycles. The predicted molar refractivity (Wildman–Crippen MR) is 185 cm³/mol. The normalized spacial score (nSPS) is 18.4. The quantitative estimate of drug-likeness (QED) is 0.0889. The molecule has 9 N–H and O–H groups in total. The zero-order valence-electron chi connectivity index (χ0n) is 30.4. The maximum absolute atomic E-state index is 13.4. The Morgan fingerprint density at radius 1 is 0.792 bits per heavy atom. The number of urea groups is 1. The Kier molecular flexibility index (Phi) is 17.9. The van der Waals surface area contributed by atoms with Crippen LogP contribution in [0.3, 0.4) is 0 Å². The molecule has 0 aromatic heterocycles. The lowest BCUT2D eigenvalue weighted by Gasteiger charge is -2.29. The van der Waals surface area contributed by atoms with Crippen LogP contribution in [0.25, 0.3) is 0 Å². The van der Waals surface area contributed by atoms with E-state index in [1.165, 1.54) is 0 Å². The average Bonchev–Trinajstić information content (AvgIpc) is 3.41. The van der Waals surface area contributed by atoms with Crippen molar-refractivity contribution in [3.05, 3.63) is 0 Å². The van der Waals surface area contributed by atoms with Crippen LogP contribution in [0.5, 0.6) is 0 Å². The predicted octanol–water partition coefficient (Wildman–Crippen LogP) is 2.30. The van der Waals surface area contributed by atoms with Crippen molar-refractivity contribution in [1.82, 2.24) is 31.9 Å². The third kappa shape index (κ3) is 17.7. The summed E-state index contributed by atoms with van der Waals surface area (Å²) in [6.45, 7) is 16.4. The lowest BCUT2D eigenvalue weighted by molar-refractivity contribution is -0.142. The number of nitrogens with two attached hydrogens (primary N) is 1. The molecule has 0 aromatic rings. The van der Waals surface area contributed by atoms with E-state index in [-0.39, 0.29) is 72.9 Å². The minimum atomic E-state index is -1.22. The molecule has 5 atom stereocenters. The molecule has 1 saturated carbocycles. The van der Waals surface area contributed by atoms with Gasteiger partial charge in [-0.05, 0) is 83.5 Å². The van der Waals surface area contributed by atoms with Gasteiger partial charge in [0.05, 0.1) is 5.92 Å². The van der Waals surface area contributed by atoms with Gasteiger partial charge in [0.1, 0.15) is 18.1 Å². The first-order valence-electron chi connectivity index (χ1n) is 17.4. The number of unbranched alkanes of at least 4 members (excludes halogenated alkanes) is 1. The Bertz CT molecular complexity index is 1080. The number of hydrogen-bond donors (Lipinski definition) is 8. The van der Waals surface area contributed by atoms with Crippen molar-refractivity contribution in [2.24, 2.45) is 23.0 Å². The van der Waals surface area contributed by atoms with Crippen molar-refractivity contribution in [2.75, 3.05) is 13.1 Å². The van der Waals surface area contributed by atoms with Crippen molar-refractivity contribution < 1.29 is 33.9 Å². The molecule has 14 heteroatoms. The molecule has 1 aliphatic carbocycles. The summed E-state index contributed by atoms with van der Waals surface area (Å²) in [7, 11) is 0. The highest BCUT2D eigenvalue weighted by Crippen LogP contribution is 2.27. The fraction of sp³-hybridized carbons (Fsp3) is 0.824. The molecule has 48 heavy (non-hydrogen) atoms. The second-order valence-electron chi connectivity index (χ2n) is 15.6. The van der Waals surface area contributed by atoms with Crippen LogP contribution in [-0.2, 0) is 24.0 Å². The van der Waals surface area contributed by atoms with Crippen LogP contribution < -0.4 is 37.6 Å². The highest BCUT2D eigenvalue weighted by molar-refractivity contribution is 5.93. The second-order valence-corrected chi connectivity index (χ2v) is 15.6. The number of rotatable bonds is 20. The number of hydrogen-bond acceptors (Lipinski definition) is 7. The Morgan fingerprint density at radius 3 is 1.96 bits per heavy atom. The first-order chi connectivity index (χ1) is 22.2. The van der Waals surface area contributed by atoms with E-state index in [0.717, 1.165) is 19.3 Å². The number of aliphatic carboxylic acids is 1. The Balaban J connectivity index is 2.80. The fourth-order valence-electron chi connectivity index (χ4n) is 5.67. The van der Waals surface area contributed by atoms with Gasteiger partial charge >= 0.3 is 12.0 Å². The van der Waals surface area contributed by atoms with Gasteiger partial charge in [0.2, 0.25) is 23.6 Å². The molecule has 6 amide bonds. The first kappa shape index (κ1) is 42.6. The molecule has 0 saturated heterocycles. The summed E-state index contributed by atoms with van der Waals surface area (Å²) >= 11 is 0. The van der Waals surface area contributed by atoms with E-state index in [4.69, 9.17) is 5.73 Å². The molecule has 0 spiro atoms. The molecule has 0 bridgehead atoms. The maximum atomic E-state index is 13.4. The van der Waals surface area contributed by atoms with E-state index in [1.807, 2.05) is 20.8 Å². The number of carboxylic acids is 1. The topological polar surface area (TPSA) is 221 Å². The summed E-state index contributed by atoms with van der Waals surface area (Å²) in [6, 6.07) is -3.86. The van der Waals surface area contributed by atoms with Crippen molar-refractivity contribution in [2.45, 2.75) is 149 Å². The van der Waals surface area contributed by atoms with Crippen molar-refractivity contribution >= 4 is 35.6 Å². The summed E-state index contributed by atoms with van der Waals surface area (Å²) < 4.78 is 0. The van der Waals surface area contributed by atoms with Crippen LogP contribution in [-0.4, -0.2) is 83.5 Å². The van der Waals surface area contributed by atoms with E-state index >= 15 is 0 Å². The number of amides is 6. The monoisotopic (exact) mass is 681 g/mol. The second kappa shape index (κ2) is 20.2. The third-order valence-corrected chi connectivity index (χ3v) is 8.27. The Labute approximate surface area is 286 Å². The molecule has 0 unspecified atom stereocenters. The molecule has 0 radical (unpaired) electrons. The third-order valence-electron chi connectivity index (χ3n) is 8.27. The number of carboxylic acid groups (broad SMARTS) is 1. The van der Waals surface area contributed by atoms with E-state index in [0.29, 0.717) is 25.8 Å². The SMILES string of the molecule is CC(C)[C@H](NC(=O)CCC(C)(C)C)C(=O)N[C@@H](CCCNC(N)=O)C(=O)N[C@@H](CCCCNC(=O)[C@@H]1CCC[C@@H]1NC(C)(C)C)C(=O)O. The molecule has 1 fully saturated rings. The van der Waals surface area contributed by atoms with Gasteiger partial charge in [0.15, 0.2) is 0 Å². The number of primary amides is 1. The van der Waals surface area contributed by atoms with Crippen molar-refractivity contribution in [3.63, 3.8) is 0 Å². The van der Waals surface area contributed by atoms with Gasteiger partial charge in [-0.2, -0.15) is 0 Å². The largest absolute Gasteiger partial charge is 0.480 e. The van der Waals surface area contributed by atoms with Gasteiger partial charge in [0.25, 0.3) is 0 Å². The van der Waals surface area contributed by atoms with Gasteiger partial charge in [-0.3, -0.25) is 19.2 Å². The molecule has 0 aromatic carbocycles. The van der Waals surface area contributed by atoms with Gasteiger partial charge < -0.3 is 42.7 Å². The van der Waals surface area contributed by atoms with Crippen molar-refractivity contribution in [3.8, 4) is 0 Å². The molecule has 0 aliphatic heterocycles. The molecule has 276 valence electrons. The van der Waals surface area contributed by atoms with Crippen molar-refractivity contribution in [1.29, 1.82) is 0 Å². The van der Waals surface area contributed by atoms with E-state index in [2.05, 4.69) is 52.7 Å². The van der Waals surface area contributed by atoms with Crippen LogP contribution in [0.1, 0.15) is 120 Å². The van der Waals surface area contributed by atoms with Crippen LogP contribution in [0.2, 0.25) is 0 Å². The summed E-state index contributed by atoms with van der Waals surface area (Å²) in [5, 5.41) is 26.8. The number of nitrogens with one attached hydrogen (secondary N) is 6. The van der Waals surface area contributed by atoms with E-state index in [9.17, 15) is 33.9 Å². The highest BCUT2D eigenvalue weighted by atomic mass is 16.4. The number of carbonyl (C=O) groups is 6. The molecular weight excluding hydrogens is 618 g/mol. The lowest BCUT2D eigenvalue weighted by atomic mass is 9.90. The highest BCUT2D eigenvalue weighted by Gasteiger charge is 2.35. The van der Waals surface area contributed by atoms with Gasteiger partial charge in [-0.25, -0.2) is 9.59 Å². The summed E-state index contributed by atoms with van der Waals surface area (Å²) in [6.07, 6.45) is 5.07. The maximum Gasteiger partial charge on any atom is 0.326 e. The fourth-order valence-corrected chi connectivity index (χ4v) is 5.67. The van der Waals surface area contributed by atoms with Gasteiger partial charge in [0, 0.05) is 31.1 Å². The summed E-state index contributed by atoms with van der Waals surface area (Å²) in [5.41, 5.74) is 4.98. The molecule has 1 aliphatic rings. The van der Waals surface area contributed by atoms with Crippen LogP contribution >= 0.6 is 0 Å². The minimum Gasteiger partial charge on any atom is -0.480 e. The van der Waals surface area contributed by atoms with E-state index in [1.54, 1.807) is 13.8 Å². The first-order valence-corrected chi connectivity index (χ1v) is 17.4. The van der Waals surface area contributed by atoms with Crippen LogP contribution in [0, 0.1) is 17.3 Å². The molecule has 1 rings (SSSR count). The van der Waals surface area contributed by atoms with Gasteiger partial charge in [-0.15, -0.1) is 0 Å². The van der Waals surface area contributed by atoms with Gasteiger partial charge in [-0.1, -0.05) is 41.0 Å². The summed E-state index contributed by atoms with van der Waals surface area (Å²) in [4.78, 5) is 75.3. The zero-order chi connectivity index (χ0) is 36.7.